The number of nitrogens with zero attached hydrogens (tertiary/aromatic N) is 4. The minimum Gasteiger partial charge on any atom is -0.478 e. The number of aromatic nitrogens is 2. The maximum Gasteiger partial charge on any atom is 0.328 e. The number of benzene rings is 2. The molecule has 0 amide bonds. The zero-order chi connectivity index (χ0) is 23.6. The summed E-state index contributed by atoms with van der Waals surface area (Å²) in [6, 6.07) is 17.8. The molecule has 1 aliphatic heterocycles. The number of hydrogen-bond donors (Lipinski definition) is 2. The molecule has 0 spiro atoms. The van der Waals surface area contributed by atoms with Gasteiger partial charge in [-0.1, -0.05) is 37.3 Å². The van der Waals surface area contributed by atoms with E-state index in [0.29, 0.717) is 18.0 Å². The molecule has 1 fully saturated rings. The van der Waals surface area contributed by atoms with Crippen LogP contribution in [0.2, 0.25) is 0 Å². The fourth-order valence-electron chi connectivity index (χ4n) is 3.26. The molecule has 1 aromatic heterocycles. The topological polar surface area (TPSA) is 116 Å². The zero-order valence-electron chi connectivity index (χ0n) is 18.3. The van der Waals surface area contributed by atoms with E-state index in [-0.39, 0.29) is 0 Å². The van der Waals surface area contributed by atoms with E-state index in [1.54, 1.807) is 0 Å². The quantitative estimate of drug-likeness (QED) is 0.546. The second kappa shape index (κ2) is 11.6. The van der Waals surface area contributed by atoms with Gasteiger partial charge in [0.15, 0.2) is 0 Å². The predicted octanol–water partition coefficient (Wildman–Crippen LogP) is 3.28. The third-order valence-corrected chi connectivity index (χ3v) is 4.99. The summed E-state index contributed by atoms with van der Waals surface area (Å²) in [7, 11) is 0. The lowest BCUT2D eigenvalue weighted by Gasteiger charge is -2.34. The van der Waals surface area contributed by atoms with Crippen LogP contribution in [0.15, 0.2) is 66.7 Å². The largest absolute Gasteiger partial charge is 0.478 e. The van der Waals surface area contributed by atoms with Crippen molar-refractivity contribution in [1.29, 1.82) is 0 Å². The van der Waals surface area contributed by atoms with E-state index in [0.717, 1.165) is 55.3 Å². The number of likely N-dealkylation sites (N-methyl/N-ethyl adjacent to an activating group) is 1. The van der Waals surface area contributed by atoms with Crippen LogP contribution in [0.25, 0.3) is 10.9 Å². The lowest BCUT2D eigenvalue weighted by Crippen LogP contribution is -2.46. The fraction of sp³-hybridized carbons (Fsp3) is 0.250. The number of ether oxygens (including phenoxy) is 1. The summed E-state index contributed by atoms with van der Waals surface area (Å²) in [5.74, 6) is -0.363. The maximum atomic E-state index is 9.55. The number of carbonyl (C=O) groups is 2. The van der Waals surface area contributed by atoms with Crippen molar-refractivity contribution < 1.29 is 24.5 Å². The molecule has 33 heavy (non-hydrogen) atoms. The molecule has 2 N–H and O–H groups in total. The molecule has 0 atom stereocenters. The van der Waals surface area contributed by atoms with Crippen molar-refractivity contribution in [3.05, 3.63) is 66.7 Å². The fourth-order valence-corrected chi connectivity index (χ4v) is 3.26. The average Bonchev–Trinajstić information content (AvgIpc) is 2.84. The van der Waals surface area contributed by atoms with Crippen molar-refractivity contribution >= 4 is 28.8 Å². The molecule has 4 rings (SSSR count). The van der Waals surface area contributed by atoms with Crippen molar-refractivity contribution in [1.82, 2.24) is 14.9 Å². The van der Waals surface area contributed by atoms with Crippen LogP contribution in [0, 0.1) is 0 Å². The molecule has 1 saturated heterocycles. The predicted molar refractivity (Wildman–Crippen MR) is 125 cm³/mol. The summed E-state index contributed by atoms with van der Waals surface area (Å²) in [6.45, 7) is 7.26. The van der Waals surface area contributed by atoms with Gasteiger partial charge in [0.05, 0.1) is 10.9 Å². The second-order valence-electron chi connectivity index (χ2n) is 7.19. The highest BCUT2D eigenvalue weighted by molar-refractivity contribution is 5.89. The number of rotatable bonds is 6. The number of para-hydroxylation sites is 2. The number of aliphatic carboxylic acids is 2. The van der Waals surface area contributed by atoms with E-state index in [2.05, 4.69) is 16.7 Å². The first-order valence-electron chi connectivity index (χ1n) is 10.6. The first kappa shape index (κ1) is 23.7. The van der Waals surface area contributed by atoms with Crippen LogP contribution in [0.4, 0.5) is 5.95 Å². The number of carboxylic acid groups (broad SMARTS) is 2. The van der Waals surface area contributed by atoms with Crippen LogP contribution in [-0.2, 0) is 9.59 Å². The maximum absolute atomic E-state index is 9.55. The summed E-state index contributed by atoms with van der Waals surface area (Å²) < 4.78 is 6.08. The van der Waals surface area contributed by atoms with Crippen LogP contribution in [0.5, 0.6) is 11.6 Å². The smallest absolute Gasteiger partial charge is 0.328 e. The van der Waals surface area contributed by atoms with Crippen molar-refractivity contribution in [2.45, 2.75) is 6.92 Å². The number of hydrogen-bond acceptors (Lipinski definition) is 7. The molecule has 172 valence electrons. The number of fused-ring (bicyclic) bond motifs is 1. The van der Waals surface area contributed by atoms with Gasteiger partial charge < -0.3 is 24.7 Å². The number of carboxylic acids is 2. The molecule has 3 aromatic rings. The first-order valence-corrected chi connectivity index (χ1v) is 10.6. The van der Waals surface area contributed by atoms with E-state index in [4.69, 9.17) is 24.9 Å². The summed E-state index contributed by atoms with van der Waals surface area (Å²) in [5.41, 5.74) is 0.913. The Bertz CT molecular complexity index is 1100. The van der Waals surface area contributed by atoms with Crippen molar-refractivity contribution in [2.24, 2.45) is 0 Å². The molecule has 2 aromatic carbocycles. The highest BCUT2D eigenvalue weighted by Gasteiger charge is 2.20. The Morgan fingerprint density at radius 2 is 1.52 bits per heavy atom. The van der Waals surface area contributed by atoms with E-state index in [9.17, 15) is 9.59 Å². The minimum absolute atomic E-state index is 0.558. The van der Waals surface area contributed by atoms with Gasteiger partial charge in [-0.05, 0) is 30.8 Å². The number of anilines is 1. The van der Waals surface area contributed by atoms with Crippen molar-refractivity contribution in [3.8, 4) is 11.6 Å². The highest BCUT2D eigenvalue weighted by Crippen LogP contribution is 2.29. The van der Waals surface area contributed by atoms with Gasteiger partial charge in [0, 0.05) is 38.3 Å². The second-order valence-corrected chi connectivity index (χ2v) is 7.19. The van der Waals surface area contributed by atoms with Crippen LogP contribution >= 0.6 is 0 Å². The van der Waals surface area contributed by atoms with Gasteiger partial charge in [0.25, 0.3) is 0 Å². The Labute approximate surface area is 191 Å². The van der Waals surface area contributed by atoms with E-state index in [1.165, 1.54) is 0 Å². The molecule has 0 unspecified atom stereocenters. The Morgan fingerprint density at radius 1 is 0.909 bits per heavy atom. The third kappa shape index (κ3) is 7.01. The minimum atomic E-state index is -1.26. The molecule has 1 aliphatic rings. The van der Waals surface area contributed by atoms with Gasteiger partial charge in [-0.2, -0.15) is 4.98 Å². The normalized spacial score (nSPS) is 14.0. The summed E-state index contributed by atoms with van der Waals surface area (Å²) >= 11 is 0. The third-order valence-electron chi connectivity index (χ3n) is 4.99. The van der Waals surface area contributed by atoms with Crippen LogP contribution in [-0.4, -0.2) is 69.7 Å². The average molecular weight is 450 g/mol. The highest BCUT2D eigenvalue weighted by atomic mass is 16.5. The van der Waals surface area contributed by atoms with Crippen LogP contribution in [0.1, 0.15) is 6.92 Å². The summed E-state index contributed by atoms with van der Waals surface area (Å²) in [4.78, 5) is 33.3. The van der Waals surface area contributed by atoms with Gasteiger partial charge in [0.2, 0.25) is 11.8 Å². The van der Waals surface area contributed by atoms with Gasteiger partial charge in [0.1, 0.15) is 5.75 Å². The Morgan fingerprint density at radius 3 is 2.12 bits per heavy atom. The Kier molecular flexibility index (Phi) is 8.31. The zero-order valence-corrected chi connectivity index (χ0v) is 18.3. The molecule has 9 heteroatoms. The summed E-state index contributed by atoms with van der Waals surface area (Å²) in [6.07, 6.45) is 1.12. The molecule has 0 aliphatic carbocycles. The monoisotopic (exact) mass is 450 g/mol. The SMILES string of the molecule is CCN1CCN(c2nc(Oc3ccccc3)c3ccccc3n2)CC1.O=C(O)/C=C/C(=O)O. The van der Waals surface area contributed by atoms with Crippen LogP contribution < -0.4 is 9.64 Å². The van der Waals surface area contributed by atoms with Gasteiger partial charge in [-0.3, -0.25) is 0 Å². The number of piperazine rings is 1. The standard InChI is InChI=1S/C20H22N4O.C4H4O4/c1-2-23-12-14-24(15-13-23)20-21-18-11-7-6-10-17(18)19(22-20)25-16-8-4-3-5-9-16;5-3(6)1-2-4(7)8/h3-11H,2,12-15H2,1H3;1-2H,(H,5,6)(H,7,8)/b;2-1+. The Hall–Kier alpha value is -3.98. The first-order chi connectivity index (χ1) is 16.0. The van der Waals surface area contributed by atoms with Gasteiger partial charge in [-0.25, -0.2) is 14.6 Å². The molecule has 0 radical (unpaired) electrons. The van der Waals surface area contributed by atoms with E-state index in [1.807, 2.05) is 54.6 Å². The van der Waals surface area contributed by atoms with Crippen molar-refractivity contribution in [2.75, 3.05) is 37.6 Å². The van der Waals surface area contributed by atoms with Gasteiger partial charge >= 0.3 is 11.9 Å². The van der Waals surface area contributed by atoms with Crippen LogP contribution in [0.3, 0.4) is 0 Å². The molecule has 0 bridgehead atoms. The molecular formula is C24H26N4O5. The molecule has 2 heterocycles. The van der Waals surface area contributed by atoms with E-state index >= 15 is 0 Å². The Balaban J connectivity index is 0.000000331. The van der Waals surface area contributed by atoms with Gasteiger partial charge in [-0.15, -0.1) is 0 Å². The molecule has 9 nitrogen and oxygen atoms in total. The molecule has 0 saturated carbocycles. The lowest BCUT2D eigenvalue weighted by atomic mass is 10.2. The van der Waals surface area contributed by atoms with Crippen molar-refractivity contribution in [3.63, 3.8) is 0 Å². The summed E-state index contributed by atoms with van der Waals surface area (Å²) in [5, 5.41) is 16.6. The van der Waals surface area contributed by atoms with E-state index < -0.39 is 11.9 Å². The molecular weight excluding hydrogens is 424 g/mol. The lowest BCUT2D eigenvalue weighted by molar-refractivity contribution is -0.134.